The van der Waals surface area contributed by atoms with Gasteiger partial charge in [-0.3, -0.25) is 4.79 Å². The molecule has 0 aromatic heterocycles. The zero-order valence-corrected chi connectivity index (χ0v) is 21.7. The number of ether oxygens (including phenoxy) is 1. The Morgan fingerprint density at radius 1 is 1.08 bits per heavy atom. The highest BCUT2D eigenvalue weighted by atomic mass is 19.4. The van der Waals surface area contributed by atoms with Crippen LogP contribution in [0.15, 0.2) is 48.1 Å². The molecule has 2 unspecified atom stereocenters. The predicted octanol–water partition coefficient (Wildman–Crippen LogP) is 5.12. The Labute approximate surface area is 223 Å². The molecule has 1 fully saturated rings. The fourth-order valence-corrected chi connectivity index (χ4v) is 4.14. The summed E-state index contributed by atoms with van der Waals surface area (Å²) < 4.78 is 84.3. The third kappa shape index (κ3) is 8.63. The molecule has 2 aliphatic carbocycles. The van der Waals surface area contributed by atoms with Gasteiger partial charge < -0.3 is 25.8 Å². The molecule has 1 aromatic carbocycles. The average Bonchev–Trinajstić information content (AvgIpc) is 3.72. The van der Waals surface area contributed by atoms with E-state index in [1.165, 1.54) is 18.9 Å². The number of allylic oxidation sites excluding steroid dienone is 1. The summed E-state index contributed by atoms with van der Waals surface area (Å²) in [5, 5.41) is 18.6. The minimum atomic E-state index is -5.88. The van der Waals surface area contributed by atoms with E-state index in [1.807, 2.05) is 19.1 Å². The van der Waals surface area contributed by atoms with Crippen LogP contribution in [0.1, 0.15) is 39.0 Å². The van der Waals surface area contributed by atoms with Gasteiger partial charge >= 0.3 is 12.4 Å². The Hall–Kier alpha value is -2.73. The number of hydrogen-bond acceptors (Lipinski definition) is 5. The lowest BCUT2D eigenvalue weighted by molar-refractivity contribution is -0.351. The fraction of sp³-hybridized carbons (Fsp3) is 0.593. The van der Waals surface area contributed by atoms with Gasteiger partial charge in [0.25, 0.3) is 5.60 Å². The van der Waals surface area contributed by atoms with Gasteiger partial charge in [0.2, 0.25) is 5.91 Å². The number of amides is 1. The van der Waals surface area contributed by atoms with Gasteiger partial charge in [-0.2, -0.15) is 26.3 Å². The lowest BCUT2D eigenvalue weighted by atomic mass is 9.85. The van der Waals surface area contributed by atoms with E-state index in [4.69, 9.17) is 4.74 Å². The van der Waals surface area contributed by atoms with Gasteiger partial charge in [-0.15, -0.1) is 0 Å². The van der Waals surface area contributed by atoms with Crippen LogP contribution >= 0.6 is 0 Å². The third-order valence-electron chi connectivity index (χ3n) is 6.83. The summed E-state index contributed by atoms with van der Waals surface area (Å²) in [6.07, 6.45) is -5.47. The number of anilines is 1. The molecule has 12 heteroatoms. The molecule has 1 aromatic rings. The Balaban J connectivity index is 1.37. The van der Waals surface area contributed by atoms with Gasteiger partial charge in [0.1, 0.15) is 5.75 Å². The lowest BCUT2D eigenvalue weighted by Gasteiger charge is -2.34. The van der Waals surface area contributed by atoms with Crippen LogP contribution in [0.3, 0.4) is 0 Å². The summed E-state index contributed by atoms with van der Waals surface area (Å²) in [6.45, 7) is 3.77. The molecule has 2 aliphatic rings. The van der Waals surface area contributed by atoms with Crippen LogP contribution in [-0.2, 0) is 4.79 Å². The van der Waals surface area contributed by atoms with Gasteiger partial charge in [0.05, 0.1) is 12.6 Å². The minimum Gasteiger partial charge on any atom is -0.490 e. The summed E-state index contributed by atoms with van der Waals surface area (Å²) >= 11 is 0. The Morgan fingerprint density at radius 2 is 1.74 bits per heavy atom. The molecule has 6 nitrogen and oxygen atoms in total. The van der Waals surface area contributed by atoms with Crippen LogP contribution in [0, 0.1) is 11.8 Å². The number of alkyl halides is 6. The molecule has 0 aliphatic heterocycles. The molecule has 2 atom stereocenters. The normalized spacial score (nSPS) is 18.9. The average molecular weight is 564 g/mol. The van der Waals surface area contributed by atoms with Crippen molar-refractivity contribution in [1.29, 1.82) is 0 Å². The molecule has 39 heavy (non-hydrogen) atoms. The second-order valence-corrected chi connectivity index (χ2v) is 9.99. The summed E-state index contributed by atoms with van der Waals surface area (Å²) in [7, 11) is 0. The van der Waals surface area contributed by atoms with E-state index in [2.05, 4.69) is 16.0 Å². The Bertz CT molecular complexity index is 990. The highest BCUT2D eigenvalue weighted by Gasteiger charge is 2.71. The van der Waals surface area contributed by atoms with Crippen LogP contribution in [0.4, 0.5) is 32.0 Å². The molecule has 0 radical (unpaired) electrons. The van der Waals surface area contributed by atoms with E-state index in [1.54, 1.807) is 12.1 Å². The van der Waals surface area contributed by atoms with Gasteiger partial charge in [0, 0.05) is 18.8 Å². The third-order valence-corrected chi connectivity index (χ3v) is 6.83. The van der Waals surface area contributed by atoms with Crippen molar-refractivity contribution in [3.05, 3.63) is 48.1 Å². The van der Waals surface area contributed by atoms with E-state index in [0.29, 0.717) is 37.3 Å². The van der Waals surface area contributed by atoms with Gasteiger partial charge in [0.15, 0.2) is 0 Å². The highest BCUT2D eigenvalue weighted by Crippen LogP contribution is 2.48. The van der Waals surface area contributed by atoms with Crippen LogP contribution in [-0.4, -0.2) is 61.3 Å². The Morgan fingerprint density at radius 3 is 2.28 bits per heavy atom. The SMILES string of the molecule is CCC(CCNCC1C=CC(C(O)(C(F)(F)F)C(F)(F)F)=CC1)Oc1ccc(NCC(=O)NCC2CC2)cc1. The molecular weight excluding hydrogens is 528 g/mol. The van der Waals surface area contributed by atoms with E-state index >= 15 is 0 Å². The summed E-state index contributed by atoms with van der Waals surface area (Å²) in [5.41, 5.74) is -5.31. The maximum absolute atomic E-state index is 13.0. The first-order valence-electron chi connectivity index (χ1n) is 13.1. The largest absolute Gasteiger partial charge is 0.490 e. The van der Waals surface area contributed by atoms with Crippen LogP contribution < -0.4 is 20.7 Å². The number of aliphatic hydroxyl groups is 1. The van der Waals surface area contributed by atoms with Crippen molar-refractivity contribution in [2.24, 2.45) is 11.8 Å². The molecule has 0 spiro atoms. The van der Waals surface area contributed by atoms with Gasteiger partial charge in [-0.25, -0.2) is 0 Å². The fourth-order valence-electron chi connectivity index (χ4n) is 4.14. The van der Waals surface area contributed by atoms with Gasteiger partial charge in [-0.1, -0.05) is 25.2 Å². The number of nitrogens with one attached hydrogen (secondary N) is 3. The van der Waals surface area contributed by atoms with Crippen molar-refractivity contribution in [3.63, 3.8) is 0 Å². The smallest absolute Gasteiger partial charge is 0.430 e. The van der Waals surface area contributed by atoms with E-state index < -0.39 is 23.5 Å². The number of carbonyl (C=O) groups excluding carboxylic acids is 1. The monoisotopic (exact) mass is 563 g/mol. The molecule has 218 valence electrons. The quantitative estimate of drug-likeness (QED) is 0.187. The zero-order chi connectivity index (χ0) is 28.7. The number of benzene rings is 1. The second-order valence-electron chi connectivity index (χ2n) is 9.99. The molecule has 0 bridgehead atoms. The highest BCUT2D eigenvalue weighted by molar-refractivity contribution is 5.80. The van der Waals surface area contributed by atoms with E-state index in [-0.39, 0.29) is 30.9 Å². The van der Waals surface area contributed by atoms with Crippen molar-refractivity contribution in [2.75, 3.05) is 31.5 Å². The van der Waals surface area contributed by atoms with E-state index in [0.717, 1.165) is 24.7 Å². The topological polar surface area (TPSA) is 82.6 Å². The molecule has 3 rings (SSSR count). The number of halogens is 6. The van der Waals surface area contributed by atoms with Crippen molar-refractivity contribution in [3.8, 4) is 5.75 Å². The van der Waals surface area contributed by atoms with Crippen molar-refractivity contribution in [1.82, 2.24) is 10.6 Å². The predicted molar refractivity (Wildman–Crippen MR) is 135 cm³/mol. The van der Waals surface area contributed by atoms with Crippen LogP contribution in [0.2, 0.25) is 0 Å². The van der Waals surface area contributed by atoms with Gasteiger partial charge in [-0.05, 0) is 80.3 Å². The summed E-state index contributed by atoms with van der Waals surface area (Å²) in [6, 6.07) is 7.26. The van der Waals surface area contributed by atoms with E-state index in [9.17, 15) is 36.2 Å². The lowest BCUT2D eigenvalue weighted by Crippen LogP contribution is -2.58. The minimum absolute atomic E-state index is 0.0509. The molecule has 0 heterocycles. The van der Waals surface area contributed by atoms with Crippen molar-refractivity contribution < 1.29 is 41.0 Å². The number of hydrogen-bond donors (Lipinski definition) is 4. The first kappa shape index (κ1) is 30.8. The first-order valence-corrected chi connectivity index (χ1v) is 13.1. The number of carbonyl (C=O) groups is 1. The van der Waals surface area contributed by atoms with Crippen molar-refractivity contribution >= 4 is 11.6 Å². The van der Waals surface area contributed by atoms with Crippen LogP contribution in [0.25, 0.3) is 0 Å². The maximum Gasteiger partial charge on any atom is 0.430 e. The molecule has 1 saturated carbocycles. The summed E-state index contributed by atoms with van der Waals surface area (Å²) in [5.74, 6) is 0.930. The molecule has 1 amide bonds. The molecule has 4 N–H and O–H groups in total. The second kappa shape index (κ2) is 13.1. The molecule has 0 saturated heterocycles. The summed E-state index contributed by atoms with van der Waals surface area (Å²) in [4.78, 5) is 11.8. The zero-order valence-electron chi connectivity index (χ0n) is 21.7. The standard InChI is InChI=1S/C27H35F6N3O3/c1-2-22(39-23-11-9-21(10-12-23)35-17-24(37)36-16-19-3-4-19)13-14-34-15-18-5-7-20(8-6-18)25(38,26(28,29)30)27(31,32)33/h5,7-12,18-19,22,34-35,38H,2-4,6,13-17H2,1H3,(H,36,37). The number of rotatable bonds is 14. The van der Waals surface area contributed by atoms with Crippen LogP contribution in [0.5, 0.6) is 5.75 Å². The Kier molecular flexibility index (Phi) is 10.3. The molecular formula is C27H35F6N3O3. The first-order chi connectivity index (χ1) is 18.3. The van der Waals surface area contributed by atoms with Crippen molar-refractivity contribution in [2.45, 2.75) is 63.1 Å². The maximum atomic E-state index is 13.0.